The molecule has 0 bridgehead atoms. The Morgan fingerprint density at radius 1 is 0.933 bits per heavy atom. The highest BCUT2D eigenvalue weighted by Gasteiger charge is 2.40. The normalized spacial score (nSPS) is 43.4. The first kappa shape index (κ1) is 10.1. The van der Waals surface area contributed by atoms with Crippen LogP contribution >= 0.6 is 0 Å². The Balaban J connectivity index is 1.61. The number of hydrogen-bond donors (Lipinski definition) is 1. The van der Waals surface area contributed by atoms with Crippen molar-refractivity contribution in [1.82, 2.24) is 4.90 Å². The van der Waals surface area contributed by atoms with Gasteiger partial charge in [0.2, 0.25) is 0 Å². The molecular formula is C13H24N2. The minimum absolute atomic E-state index is 0.514. The molecule has 2 saturated carbocycles. The topological polar surface area (TPSA) is 29.3 Å². The molecule has 0 aromatic heterocycles. The molecule has 2 aliphatic carbocycles. The quantitative estimate of drug-likeness (QED) is 0.753. The third-order valence-electron chi connectivity index (χ3n) is 4.90. The lowest BCUT2D eigenvalue weighted by atomic mass is 9.84. The number of nitrogens with zero attached hydrogens (tertiary/aromatic N) is 1. The second-order valence-electron chi connectivity index (χ2n) is 5.88. The van der Waals surface area contributed by atoms with E-state index in [9.17, 15) is 0 Å². The van der Waals surface area contributed by atoms with Gasteiger partial charge in [-0.1, -0.05) is 12.8 Å². The molecule has 0 aromatic rings. The largest absolute Gasteiger partial charge is 0.328 e. The number of likely N-dealkylation sites (tertiary alicyclic amines) is 1. The van der Waals surface area contributed by atoms with Crippen molar-refractivity contribution in [2.24, 2.45) is 11.7 Å². The van der Waals surface area contributed by atoms with Crippen molar-refractivity contribution in [3.63, 3.8) is 0 Å². The molecule has 1 aliphatic heterocycles. The van der Waals surface area contributed by atoms with Gasteiger partial charge >= 0.3 is 0 Å². The van der Waals surface area contributed by atoms with Gasteiger partial charge in [0.15, 0.2) is 0 Å². The van der Waals surface area contributed by atoms with Crippen LogP contribution in [0.3, 0.4) is 0 Å². The van der Waals surface area contributed by atoms with Crippen LogP contribution in [0.5, 0.6) is 0 Å². The van der Waals surface area contributed by atoms with Crippen molar-refractivity contribution in [2.75, 3.05) is 6.54 Å². The molecule has 86 valence electrons. The zero-order valence-electron chi connectivity index (χ0n) is 9.70. The predicted octanol–water partition coefficient (Wildman–Crippen LogP) is 2.13. The molecule has 1 unspecified atom stereocenters. The molecule has 2 nitrogen and oxygen atoms in total. The molecule has 15 heavy (non-hydrogen) atoms. The van der Waals surface area contributed by atoms with Crippen molar-refractivity contribution in [3.8, 4) is 0 Å². The van der Waals surface area contributed by atoms with Crippen LogP contribution in [-0.2, 0) is 0 Å². The summed E-state index contributed by atoms with van der Waals surface area (Å²) in [6.45, 7) is 1.36. The van der Waals surface area contributed by atoms with E-state index in [1.807, 2.05) is 0 Å². The van der Waals surface area contributed by atoms with Crippen molar-refractivity contribution in [2.45, 2.75) is 69.5 Å². The standard InChI is InChI=1S/C13H24N2/c14-11-8-12(9-11)15-7-3-6-13(15)10-4-1-2-5-10/h10-13H,1-9,14H2. The lowest BCUT2D eigenvalue weighted by Crippen LogP contribution is -2.53. The van der Waals surface area contributed by atoms with Gasteiger partial charge in [-0.15, -0.1) is 0 Å². The summed E-state index contributed by atoms with van der Waals surface area (Å²) in [5.74, 6) is 1.03. The molecule has 3 fully saturated rings. The molecule has 3 rings (SSSR count). The van der Waals surface area contributed by atoms with Crippen molar-refractivity contribution >= 4 is 0 Å². The van der Waals surface area contributed by atoms with Crippen LogP contribution in [-0.4, -0.2) is 29.6 Å². The lowest BCUT2D eigenvalue weighted by Gasteiger charge is -2.44. The molecule has 3 aliphatic rings. The Morgan fingerprint density at radius 2 is 1.67 bits per heavy atom. The van der Waals surface area contributed by atoms with Crippen LogP contribution in [0.25, 0.3) is 0 Å². The van der Waals surface area contributed by atoms with Gasteiger partial charge in [0, 0.05) is 18.1 Å². The van der Waals surface area contributed by atoms with Gasteiger partial charge in [-0.05, 0) is 51.0 Å². The minimum atomic E-state index is 0.514. The summed E-state index contributed by atoms with van der Waals surface area (Å²) in [7, 11) is 0. The predicted molar refractivity (Wildman–Crippen MR) is 62.7 cm³/mol. The third-order valence-corrected chi connectivity index (χ3v) is 4.90. The summed E-state index contributed by atoms with van der Waals surface area (Å²) in [4.78, 5) is 2.82. The summed E-state index contributed by atoms with van der Waals surface area (Å²) in [6, 6.07) is 2.30. The van der Waals surface area contributed by atoms with E-state index >= 15 is 0 Å². The zero-order valence-corrected chi connectivity index (χ0v) is 9.70. The van der Waals surface area contributed by atoms with Gasteiger partial charge in [0.05, 0.1) is 0 Å². The van der Waals surface area contributed by atoms with Crippen LogP contribution in [0.2, 0.25) is 0 Å². The van der Waals surface area contributed by atoms with Crippen molar-refractivity contribution < 1.29 is 0 Å². The Labute approximate surface area is 93.2 Å². The second kappa shape index (κ2) is 4.06. The molecular weight excluding hydrogens is 184 g/mol. The summed E-state index contributed by atoms with van der Waals surface area (Å²) in [5.41, 5.74) is 5.91. The number of hydrogen-bond acceptors (Lipinski definition) is 2. The van der Waals surface area contributed by atoms with Crippen molar-refractivity contribution in [3.05, 3.63) is 0 Å². The van der Waals surface area contributed by atoms with Crippen LogP contribution < -0.4 is 5.73 Å². The molecule has 1 heterocycles. The SMILES string of the molecule is NC1CC(N2CCCC2C2CCCC2)C1. The van der Waals surface area contributed by atoms with Gasteiger partial charge in [0.25, 0.3) is 0 Å². The van der Waals surface area contributed by atoms with E-state index in [0.29, 0.717) is 6.04 Å². The fraction of sp³-hybridized carbons (Fsp3) is 1.00. The highest BCUT2D eigenvalue weighted by Crippen LogP contribution is 2.39. The summed E-state index contributed by atoms with van der Waals surface area (Å²) < 4.78 is 0. The average Bonchev–Trinajstić information content (AvgIpc) is 2.82. The highest BCUT2D eigenvalue weighted by molar-refractivity contribution is 4.97. The van der Waals surface area contributed by atoms with Crippen LogP contribution in [0.1, 0.15) is 51.4 Å². The minimum Gasteiger partial charge on any atom is -0.328 e. The van der Waals surface area contributed by atoms with Gasteiger partial charge in [-0.25, -0.2) is 0 Å². The Hall–Kier alpha value is -0.0800. The Bertz CT molecular complexity index is 217. The van der Waals surface area contributed by atoms with Crippen molar-refractivity contribution in [1.29, 1.82) is 0 Å². The summed E-state index contributed by atoms with van der Waals surface area (Å²) in [5, 5.41) is 0. The van der Waals surface area contributed by atoms with E-state index in [2.05, 4.69) is 4.90 Å². The molecule has 0 spiro atoms. The lowest BCUT2D eigenvalue weighted by molar-refractivity contribution is 0.0724. The van der Waals surface area contributed by atoms with E-state index < -0.39 is 0 Å². The fourth-order valence-corrected chi connectivity index (χ4v) is 4.02. The van der Waals surface area contributed by atoms with Crippen LogP contribution in [0.4, 0.5) is 0 Å². The van der Waals surface area contributed by atoms with Crippen LogP contribution in [0, 0.1) is 5.92 Å². The maximum absolute atomic E-state index is 5.91. The summed E-state index contributed by atoms with van der Waals surface area (Å²) in [6.07, 6.45) is 11.4. The Kier molecular flexibility index (Phi) is 2.73. The first-order valence-electron chi connectivity index (χ1n) is 6.86. The molecule has 0 amide bonds. The van der Waals surface area contributed by atoms with Gasteiger partial charge in [-0.3, -0.25) is 4.90 Å². The van der Waals surface area contributed by atoms with Crippen LogP contribution in [0.15, 0.2) is 0 Å². The fourth-order valence-electron chi connectivity index (χ4n) is 4.02. The molecule has 0 aromatic carbocycles. The maximum atomic E-state index is 5.91. The zero-order chi connectivity index (χ0) is 10.3. The van der Waals surface area contributed by atoms with E-state index in [4.69, 9.17) is 5.73 Å². The second-order valence-corrected chi connectivity index (χ2v) is 5.88. The van der Waals surface area contributed by atoms with E-state index in [-0.39, 0.29) is 0 Å². The first-order valence-corrected chi connectivity index (χ1v) is 6.86. The molecule has 0 radical (unpaired) electrons. The summed E-state index contributed by atoms with van der Waals surface area (Å²) >= 11 is 0. The van der Waals surface area contributed by atoms with E-state index in [0.717, 1.165) is 18.0 Å². The van der Waals surface area contributed by atoms with Gasteiger partial charge < -0.3 is 5.73 Å². The number of rotatable bonds is 2. The number of nitrogens with two attached hydrogens (primary N) is 1. The molecule has 2 N–H and O–H groups in total. The Morgan fingerprint density at radius 3 is 2.33 bits per heavy atom. The van der Waals surface area contributed by atoms with Gasteiger partial charge in [0.1, 0.15) is 0 Å². The monoisotopic (exact) mass is 208 g/mol. The third kappa shape index (κ3) is 1.83. The smallest absolute Gasteiger partial charge is 0.0128 e. The first-order chi connectivity index (χ1) is 7.34. The highest BCUT2D eigenvalue weighted by atomic mass is 15.2. The van der Waals surface area contributed by atoms with E-state index in [1.54, 1.807) is 0 Å². The van der Waals surface area contributed by atoms with E-state index in [1.165, 1.54) is 57.9 Å². The average molecular weight is 208 g/mol. The maximum Gasteiger partial charge on any atom is 0.0128 e. The molecule has 2 heteroatoms. The van der Waals surface area contributed by atoms with Gasteiger partial charge in [-0.2, -0.15) is 0 Å². The molecule has 1 saturated heterocycles. The molecule has 1 atom stereocenters.